The molecule has 0 saturated heterocycles. The monoisotopic (exact) mass is 285 g/mol. The van der Waals surface area contributed by atoms with Crippen molar-refractivity contribution in [2.75, 3.05) is 13.2 Å². The van der Waals surface area contributed by atoms with Crippen LogP contribution < -0.4 is 10.5 Å². The summed E-state index contributed by atoms with van der Waals surface area (Å²) in [5.41, 5.74) is 6.67. The highest BCUT2D eigenvalue weighted by atomic mass is 79.9. The molecule has 0 unspecified atom stereocenters. The highest BCUT2D eigenvalue weighted by Crippen LogP contribution is 2.25. The summed E-state index contributed by atoms with van der Waals surface area (Å²) in [4.78, 5) is 0. The lowest BCUT2D eigenvalue weighted by molar-refractivity contribution is 0.303. The van der Waals surface area contributed by atoms with Crippen LogP contribution in [0.5, 0.6) is 5.75 Å². The number of halogens is 1. The molecule has 0 aliphatic heterocycles. The number of nitrogens with two attached hydrogens (primary N) is 1. The molecule has 2 nitrogen and oxygen atoms in total. The molecule has 2 N–H and O–H groups in total. The number of rotatable bonds is 7. The Morgan fingerprint density at radius 2 is 1.94 bits per heavy atom. The van der Waals surface area contributed by atoms with Crippen LogP contribution in [0.2, 0.25) is 0 Å². The van der Waals surface area contributed by atoms with Gasteiger partial charge in [0.05, 0.1) is 11.1 Å². The second-order valence-corrected chi connectivity index (χ2v) is 4.84. The van der Waals surface area contributed by atoms with Crippen molar-refractivity contribution in [3.8, 4) is 5.75 Å². The van der Waals surface area contributed by atoms with E-state index in [1.807, 2.05) is 6.07 Å². The first-order chi connectivity index (χ1) is 7.74. The normalized spacial score (nSPS) is 10.4. The van der Waals surface area contributed by atoms with Crippen LogP contribution in [0.25, 0.3) is 0 Å². The van der Waals surface area contributed by atoms with Crippen molar-refractivity contribution < 1.29 is 4.74 Å². The van der Waals surface area contributed by atoms with Crippen LogP contribution in [0.4, 0.5) is 0 Å². The second kappa shape index (κ2) is 7.69. The molecule has 0 aliphatic rings. The van der Waals surface area contributed by atoms with Crippen LogP contribution in [0, 0.1) is 6.92 Å². The zero-order valence-electron chi connectivity index (χ0n) is 9.84. The SMILES string of the molecule is Cc1ccc(OCCCCCCN)c(Br)c1. The van der Waals surface area contributed by atoms with Gasteiger partial charge in [0.2, 0.25) is 0 Å². The average molecular weight is 286 g/mol. The molecule has 0 aliphatic carbocycles. The van der Waals surface area contributed by atoms with E-state index in [-0.39, 0.29) is 0 Å². The lowest BCUT2D eigenvalue weighted by Crippen LogP contribution is -2.00. The molecule has 0 spiro atoms. The van der Waals surface area contributed by atoms with E-state index >= 15 is 0 Å². The summed E-state index contributed by atoms with van der Waals surface area (Å²) < 4.78 is 6.73. The van der Waals surface area contributed by atoms with E-state index in [0.717, 1.165) is 36.2 Å². The minimum absolute atomic E-state index is 0.784. The Balaban J connectivity index is 2.21. The predicted molar refractivity (Wildman–Crippen MR) is 71.9 cm³/mol. The van der Waals surface area contributed by atoms with E-state index in [9.17, 15) is 0 Å². The number of unbranched alkanes of at least 4 members (excludes halogenated alkanes) is 3. The fourth-order valence-electron chi connectivity index (χ4n) is 1.51. The molecule has 0 fully saturated rings. The van der Waals surface area contributed by atoms with Gasteiger partial charge in [-0.15, -0.1) is 0 Å². The van der Waals surface area contributed by atoms with Gasteiger partial charge in [0, 0.05) is 0 Å². The molecule has 1 aromatic rings. The second-order valence-electron chi connectivity index (χ2n) is 3.99. The number of hydrogen-bond acceptors (Lipinski definition) is 2. The Morgan fingerprint density at radius 1 is 1.19 bits per heavy atom. The van der Waals surface area contributed by atoms with Crippen LogP contribution in [0.1, 0.15) is 31.2 Å². The first-order valence-electron chi connectivity index (χ1n) is 5.83. The van der Waals surface area contributed by atoms with Crippen molar-refractivity contribution in [1.82, 2.24) is 0 Å². The third-order valence-corrected chi connectivity index (χ3v) is 3.06. The molecule has 0 saturated carbocycles. The van der Waals surface area contributed by atoms with Crippen molar-refractivity contribution in [2.24, 2.45) is 5.73 Å². The number of ether oxygens (including phenoxy) is 1. The van der Waals surface area contributed by atoms with Gasteiger partial charge >= 0.3 is 0 Å². The molecule has 0 atom stereocenters. The molecule has 3 heteroatoms. The third kappa shape index (κ3) is 4.99. The van der Waals surface area contributed by atoms with E-state index in [0.29, 0.717) is 0 Å². The first-order valence-corrected chi connectivity index (χ1v) is 6.62. The quantitative estimate of drug-likeness (QED) is 0.776. The minimum Gasteiger partial charge on any atom is -0.492 e. The Labute approximate surface area is 106 Å². The van der Waals surface area contributed by atoms with Gasteiger partial charge in [-0.1, -0.05) is 18.9 Å². The van der Waals surface area contributed by atoms with Crippen LogP contribution in [-0.2, 0) is 0 Å². The summed E-state index contributed by atoms with van der Waals surface area (Å²) in [7, 11) is 0. The van der Waals surface area contributed by atoms with Gasteiger partial charge in [-0.2, -0.15) is 0 Å². The Hall–Kier alpha value is -0.540. The molecule has 0 amide bonds. The highest BCUT2D eigenvalue weighted by Gasteiger charge is 2.00. The summed E-state index contributed by atoms with van der Waals surface area (Å²) in [6.45, 7) is 3.65. The molecule has 1 rings (SSSR count). The maximum absolute atomic E-state index is 5.69. The van der Waals surface area contributed by atoms with E-state index in [4.69, 9.17) is 10.5 Å². The fraction of sp³-hybridized carbons (Fsp3) is 0.538. The average Bonchev–Trinajstić information content (AvgIpc) is 2.26. The van der Waals surface area contributed by atoms with E-state index in [1.54, 1.807) is 0 Å². The summed E-state index contributed by atoms with van der Waals surface area (Å²) in [5, 5.41) is 0. The van der Waals surface area contributed by atoms with Crippen LogP contribution in [0.3, 0.4) is 0 Å². The minimum atomic E-state index is 0.784. The fourth-order valence-corrected chi connectivity index (χ4v) is 2.11. The Bertz CT molecular complexity index is 315. The van der Waals surface area contributed by atoms with E-state index < -0.39 is 0 Å². The van der Waals surface area contributed by atoms with Gasteiger partial charge in [-0.25, -0.2) is 0 Å². The summed E-state index contributed by atoms with van der Waals surface area (Å²) in [5.74, 6) is 0.935. The Morgan fingerprint density at radius 3 is 2.62 bits per heavy atom. The number of hydrogen-bond donors (Lipinski definition) is 1. The maximum Gasteiger partial charge on any atom is 0.133 e. The van der Waals surface area contributed by atoms with Gasteiger partial charge in [-0.3, -0.25) is 0 Å². The van der Waals surface area contributed by atoms with Crippen molar-refractivity contribution in [1.29, 1.82) is 0 Å². The van der Waals surface area contributed by atoms with Gasteiger partial charge in [0.1, 0.15) is 5.75 Å². The molecular weight excluding hydrogens is 266 g/mol. The van der Waals surface area contributed by atoms with E-state index in [1.165, 1.54) is 18.4 Å². The zero-order valence-corrected chi connectivity index (χ0v) is 11.4. The molecule has 1 aromatic carbocycles. The standard InChI is InChI=1S/C13H20BrNO/c1-11-6-7-13(12(14)10-11)16-9-5-3-2-4-8-15/h6-7,10H,2-5,8-9,15H2,1H3. The molecule has 16 heavy (non-hydrogen) atoms. The van der Waals surface area contributed by atoms with Crippen LogP contribution >= 0.6 is 15.9 Å². The molecule has 0 heterocycles. The van der Waals surface area contributed by atoms with Crippen LogP contribution in [-0.4, -0.2) is 13.2 Å². The van der Waals surface area contributed by atoms with Crippen molar-refractivity contribution in [3.05, 3.63) is 28.2 Å². The first kappa shape index (κ1) is 13.5. The molecular formula is C13H20BrNO. The van der Waals surface area contributed by atoms with Gasteiger partial charge in [0.25, 0.3) is 0 Å². The molecule has 0 bridgehead atoms. The van der Waals surface area contributed by atoms with Crippen molar-refractivity contribution in [2.45, 2.75) is 32.6 Å². The summed E-state index contributed by atoms with van der Waals surface area (Å²) in [6, 6.07) is 6.15. The lowest BCUT2D eigenvalue weighted by atomic mass is 10.2. The van der Waals surface area contributed by atoms with Crippen molar-refractivity contribution in [3.63, 3.8) is 0 Å². The third-order valence-electron chi connectivity index (χ3n) is 2.44. The smallest absolute Gasteiger partial charge is 0.133 e. The molecule has 90 valence electrons. The van der Waals surface area contributed by atoms with Crippen molar-refractivity contribution >= 4 is 15.9 Å². The van der Waals surface area contributed by atoms with Crippen LogP contribution in [0.15, 0.2) is 22.7 Å². The summed E-state index contributed by atoms with van der Waals surface area (Å²) >= 11 is 3.50. The Kier molecular flexibility index (Phi) is 6.50. The van der Waals surface area contributed by atoms with Gasteiger partial charge in [0.15, 0.2) is 0 Å². The largest absolute Gasteiger partial charge is 0.492 e. The number of aryl methyl sites for hydroxylation is 1. The van der Waals surface area contributed by atoms with Gasteiger partial charge < -0.3 is 10.5 Å². The lowest BCUT2D eigenvalue weighted by Gasteiger charge is -2.08. The molecule has 0 aromatic heterocycles. The topological polar surface area (TPSA) is 35.2 Å². The highest BCUT2D eigenvalue weighted by molar-refractivity contribution is 9.10. The van der Waals surface area contributed by atoms with E-state index in [2.05, 4.69) is 35.0 Å². The molecule has 0 radical (unpaired) electrons. The van der Waals surface area contributed by atoms with Gasteiger partial charge in [-0.05, 0) is 59.9 Å². The predicted octanol–water partition coefficient (Wildman–Crippen LogP) is 3.66. The maximum atomic E-state index is 5.69. The number of benzene rings is 1. The zero-order chi connectivity index (χ0) is 11.8. The summed E-state index contributed by atoms with van der Waals surface area (Å²) in [6.07, 6.45) is 4.62.